The molecule has 22 heavy (non-hydrogen) atoms. The van der Waals surface area contributed by atoms with Gasteiger partial charge >= 0.3 is 7.12 Å². The molecule has 120 valence electrons. The summed E-state index contributed by atoms with van der Waals surface area (Å²) in [7, 11) is -0.488. The van der Waals surface area contributed by atoms with Gasteiger partial charge in [0.05, 0.1) is 36.3 Å². The second-order valence-corrected chi connectivity index (χ2v) is 6.86. The van der Waals surface area contributed by atoms with Gasteiger partial charge in [0.2, 0.25) is 0 Å². The van der Waals surface area contributed by atoms with Crippen LogP contribution in [-0.4, -0.2) is 49.6 Å². The molecule has 2 N–H and O–H groups in total. The monoisotopic (exact) mass is 305 g/mol. The molecule has 0 unspecified atom stereocenters. The highest BCUT2D eigenvalue weighted by molar-refractivity contribution is 6.63. The minimum atomic E-state index is -0.488. The van der Waals surface area contributed by atoms with Gasteiger partial charge in [0, 0.05) is 18.6 Å². The molecule has 0 amide bonds. The summed E-state index contributed by atoms with van der Waals surface area (Å²) < 4.78 is 17.6. The smallest absolute Gasteiger partial charge is 0.399 e. The molecule has 0 atom stereocenters. The zero-order chi connectivity index (χ0) is 16.0. The van der Waals surface area contributed by atoms with Crippen LogP contribution in [0.4, 0.5) is 11.5 Å². The number of morpholine rings is 1. The summed E-state index contributed by atoms with van der Waals surface area (Å²) in [4.78, 5) is 6.57. The van der Waals surface area contributed by atoms with Crippen molar-refractivity contribution in [3.8, 4) is 0 Å². The topological polar surface area (TPSA) is 69.8 Å². The molecule has 0 aromatic carbocycles. The molecule has 2 saturated heterocycles. The van der Waals surface area contributed by atoms with Crippen LogP contribution in [0, 0.1) is 0 Å². The van der Waals surface area contributed by atoms with Gasteiger partial charge < -0.3 is 24.7 Å². The fourth-order valence-corrected chi connectivity index (χ4v) is 2.63. The molecular formula is C15H24BN3O3. The summed E-state index contributed by atoms with van der Waals surface area (Å²) in [5.41, 5.74) is 7.11. The van der Waals surface area contributed by atoms with E-state index in [9.17, 15) is 0 Å². The van der Waals surface area contributed by atoms with E-state index in [0.29, 0.717) is 5.82 Å². The normalized spacial score (nSPS) is 23.8. The first-order chi connectivity index (χ1) is 10.3. The molecule has 0 spiro atoms. The third kappa shape index (κ3) is 2.68. The second-order valence-electron chi connectivity index (χ2n) is 6.86. The maximum atomic E-state index is 6.09. The Kier molecular flexibility index (Phi) is 3.83. The number of pyridine rings is 1. The fourth-order valence-electron chi connectivity index (χ4n) is 2.63. The average Bonchev–Trinajstić information content (AvgIpc) is 2.69. The van der Waals surface area contributed by atoms with E-state index < -0.39 is 7.12 Å². The number of rotatable bonds is 2. The van der Waals surface area contributed by atoms with E-state index in [1.54, 1.807) is 6.20 Å². The van der Waals surface area contributed by atoms with Gasteiger partial charge in [-0.3, -0.25) is 0 Å². The molecular weight excluding hydrogens is 281 g/mol. The predicted octanol–water partition coefficient (Wildman–Crippen LogP) is 0.800. The molecule has 7 heteroatoms. The maximum absolute atomic E-state index is 6.09. The molecule has 1 aromatic heterocycles. The number of nitrogens with two attached hydrogens (primary N) is 1. The Balaban J connectivity index is 1.88. The molecule has 0 saturated carbocycles. The number of anilines is 2. The quantitative estimate of drug-likeness (QED) is 0.815. The lowest BCUT2D eigenvalue weighted by molar-refractivity contribution is 0.00578. The molecule has 2 aliphatic heterocycles. The Morgan fingerprint density at radius 2 is 1.73 bits per heavy atom. The van der Waals surface area contributed by atoms with Crippen LogP contribution in [0.25, 0.3) is 0 Å². The van der Waals surface area contributed by atoms with Crippen molar-refractivity contribution in [3.63, 3.8) is 0 Å². The Morgan fingerprint density at radius 1 is 1.14 bits per heavy atom. The number of nitrogen functional groups attached to an aromatic ring is 1. The Morgan fingerprint density at radius 3 is 2.32 bits per heavy atom. The van der Waals surface area contributed by atoms with Crippen molar-refractivity contribution in [1.82, 2.24) is 4.98 Å². The van der Waals surface area contributed by atoms with Crippen LogP contribution in [0.5, 0.6) is 0 Å². The molecule has 3 heterocycles. The summed E-state index contributed by atoms with van der Waals surface area (Å²) in [6.45, 7) is 11.3. The zero-order valence-corrected chi connectivity index (χ0v) is 13.8. The first-order valence-corrected chi connectivity index (χ1v) is 7.74. The van der Waals surface area contributed by atoms with Gasteiger partial charge in [-0.05, 0) is 33.8 Å². The number of hydrogen-bond donors (Lipinski definition) is 1. The van der Waals surface area contributed by atoms with Crippen LogP contribution in [0.1, 0.15) is 27.7 Å². The highest BCUT2D eigenvalue weighted by Crippen LogP contribution is 2.37. The van der Waals surface area contributed by atoms with Gasteiger partial charge in [0.25, 0.3) is 0 Å². The summed E-state index contributed by atoms with van der Waals surface area (Å²) >= 11 is 0. The van der Waals surface area contributed by atoms with Crippen molar-refractivity contribution < 1.29 is 14.0 Å². The molecule has 6 nitrogen and oxygen atoms in total. The van der Waals surface area contributed by atoms with E-state index in [-0.39, 0.29) is 11.2 Å². The van der Waals surface area contributed by atoms with Gasteiger partial charge in [0.1, 0.15) is 5.82 Å². The van der Waals surface area contributed by atoms with Gasteiger partial charge in [0.15, 0.2) is 0 Å². The lowest BCUT2D eigenvalue weighted by Gasteiger charge is -2.32. The lowest BCUT2D eigenvalue weighted by Crippen LogP contribution is -2.41. The number of nitrogens with zero attached hydrogens (tertiary/aromatic N) is 2. The first kappa shape index (κ1) is 15.6. The van der Waals surface area contributed by atoms with E-state index in [2.05, 4.69) is 9.88 Å². The maximum Gasteiger partial charge on any atom is 0.498 e. The molecule has 1 aromatic rings. The van der Waals surface area contributed by atoms with Crippen molar-refractivity contribution in [2.45, 2.75) is 38.9 Å². The van der Waals surface area contributed by atoms with Crippen LogP contribution in [0.15, 0.2) is 12.3 Å². The van der Waals surface area contributed by atoms with Crippen molar-refractivity contribution in [3.05, 3.63) is 12.3 Å². The molecule has 2 fully saturated rings. The number of hydrogen-bond acceptors (Lipinski definition) is 6. The third-order valence-corrected chi connectivity index (χ3v) is 4.82. The van der Waals surface area contributed by atoms with E-state index in [4.69, 9.17) is 19.8 Å². The largest absolute Gasteiger partial charge is 0.498 e. The zero-order valence-electron chi connectivity index (χ0n) is 13.8. The van der Waals surface area contributed by atoms with Crippen molar-refractivity contribution in [2.24, 2.45) is 0 Å². The standard InChI is InChI=1S/C15H24BN3O3/c1-14(2)15(3,4)22-16(21-14)12-9-11(10-18-13(12)17)19-5-7-20-8-6-19/h9-10H,5-8H2,1-4H3,(H2,17,18). The van der Waals surface area contributed by atoms with Crippen molar-refractivity contribution in [1.29, 1.82) is 0 Å². The minimum Gasteiger partial charge on any atom is -0.399 e. The molecule has 2 aliphatic rings. The summed E-state index contributed by atoms with van der Waals surface area (Å²) in [5, 5.41) is 0. The van der Waals surface area contributed by atoms with Crippen LogP contribution in [0.2, 0.25) is 0 Å². The molecule has 0 aliphatic carbocycles. The summed E-state index contributed by atoms with van der Waals surface area (Å²) in [5.74, 6) is 0.454. The molecule has 3 rings (SSSR count). The Hall–Kier alpha value is -1.31. The van der Waals surface area contributed by atoms with Gasteiger partial charge in [-0.25, -0.2) is 4.98 Å². The van der Waals surface area contributed by atoms with Gasteiger partial charge in [-0.2, -0.15) is 0 Å². The van der Waals surface area contributed by atoms with Gasteiger partial charge in [-0.1, -0.05) is 0 Å². The van der Waals surface area contributed by atoms with Crippen LogP contribution in [0.3, 0.4) is 0 Å². The first-order valence-electron chi connectivity index (χ1n) is 7.74. The summed E-state index contributed by atoms with van der Waals surface area (Å²) in [6.07, 6.45) is 1.80. The Bertz CT molecular complexity index is 543. The van der Waals surface area contributed by atoms with E-state index in [1.165, 1.54) is 0 Å². The second kappa shape index (κ2) is 5.40. The van der Waals surface area contributed by atoms with Crippen LogP contribution < -0.4 is 16.1 Å². The van der Waals surface area contributed by atoms with Crippen LogP contribution >= 0.6 is 0 Å². The lowest BCUT2D eigenvalue weighted by atomic mass is 9.79. The van der Waals surface area contributed by atoms with Crippen LogP contribution in [-0.2, 0) is 14.0 Å². The average molecular weight is 305 g/mol. The fraction of sp³-hybridized carbons (Fsp3) is 0.667. The predicted molar refractivity (Wildman–Crippen MR) is 87.4 cm³/mol. The highest BCUT2D eigenvalue weighted by atomic mass is 16.7. The van der Waals surface area contributed by atoms with Gasteiger partial charge in [-0.15, -0.1) is 0 Å². The molecule has 0 bridgehead atoms. The van der Waals surface area contributed by atoms with E-state index >= 15 is 0 Å². The highest BCUT2D eigenvalue weighted by Gasteiger charge is 2.52. The SMILES string of the molecule is CC1(C)OB(c2cc(N3CCOCC3)cnc2N)OC1(C)C. The Labute approximate surface area is 132 Å². The number of ether oxygens (including phenoxy) is 1. The minimum absolute atomic E-state index is 0.390. The van der Waals surface area contributed by atoms with E-state index in [1.807, 2.05) is 33.8 Å². The number of aromatic nitrogens is 1. The molecule has 0 radical (unpaired) electrons. The third-order valence-electron chi connectivity index (χ3n) is 4.82. The van der Waals surface area contributed by atoms with Crippen molar-refractivity contribution in [2.75, 3.05) is 36.9 Å². The van der Waals surface area contributed by atoms with E-state index in [0.717, 1.165) is 37.5 Å². The summed E-state index contributed by atoms with van der Waals surface area (Å²) in [6, 6.07) is 2.02. The van der Waals surface area contributed by atoms with Crippen molar-refractivity contribution >= 4 is 24.1 Å².